The first-order chi connectivity index (χ1) is 8.45. The Morgan fingerprint density at radius 3 is 2.78 bits per heavy atom. The van der Waals surface area contributed by atoms with E-state index in [9.17, 15) is 19.3 Å². The summed E-state index contributed by atoms with van der Waals surface area (Å²) in [4.78, 5) is 21.2. The van der Waals surface area contributed by atoms with Crippen LogP contribution in [0.3, 0.4) is 0 Å². The Hall–Kier alpha value is -1.63. The van der Waals surface area contributed by atoms with E-state index in [2.05, 4.69) is 5.32 Å². The van der Waals surface area contributed by atoms with Gasteiger partial charge in [0, 0.05) is 23.4 Å². The molecule has 1 rings (SSSR count). The molecule has 0 spiro atoms. The molecule has 0 aliphatic carbocycles. The van der Waals surface area contributed by atoms with Crippen LogP contribution in [-0.4, -0.2) is 28.9 Å². The molecule has 0 aliphatic rings. The van der Waals surface area contributed by atoms with Gasteiger partial charge in [-0.3, -0.25) is 14.9 Å². The van der Waals surface area contributed by atoms with Crippen LogP contribution in [0.4, 0.5) is 10.1 Å². The predicted molar refractivity (Wildman–Crippen MR) is 68.4 cm³/mol. The van der Waals surface area contributed by atoms with Gasteiger partial charge >= 0.3 is 5.69 Å². The summed E-state index contributed by atoms with van der Waals surface area (Å²) in [5, 5.41) is 13.3. The first-order valence-corrected chi connectivity index (χ1v) is 6.49. The summed E-state index contributed by atoms with van der Waals surface area (Å²) in [7, 11) is 0. The van der Waals surface area contributed by atoms with E-state index in [0.29, 0.717) is 6.54 Å². The van der Waals surface area contributed by atoms with Crippen molar-refractivity contribution in [1.82, 2.24) is 5.32 Å². The minimum absolute atomic E-state index is 0.0754. The Morgan fingerprint density at radius 2 is 2.28 bits per heavy atom. The van der Waals surface area contributed by atoms with Crippen LogP contribution >= 0.6 is 11.8 Å². The van der Waals surface area contributed by atoms with Gasteiger partial charge in [0.1, 0.15) is 0 Å². The normalized spacial score (nSPS) is 11.9. The summed E-state index contributed by atoms with van der Waals surface area (Å²) in [6.45, 7) is 2.40. The lowest BCUT2D eigenvalue weighted by Gasteiger charge is -2.09. The van der Waals surface area contributed by atoms with E-state index in [4.69, 9.17) is 0 Å². The lowest BCUT2D eigenvalue weighted by molar-refractivity contribution is -0.387. The fourth-order valence-corrected chi connectivity index (χ4v) is 1.47. The van der Waals surface area contributed by atoms with Gasteiger partial charge in [0.2, 0.25) is 5.82 Å². The molecule has 0 aromatic heterocycles. The van der Waals surface area contributed by atoms with Crippen molar-refractivity contribution in [3.63, 3.8) is 0 Å². The van der Waals surface area contributed by atoms with Gasteiger partial charge < -0.3 is 5.32 Å². The zero-order valence-corrected chi connectivity index (χ0v) is 10.8. The SMILES string of the molecule is CSC(C)CNC(=O)c1ccc([N+](=O)[O-])c(F)c1. The summed E-state index contributed by atoms with van der Waals surface area (Å²) < 4.78 is 13.3. The number of thioether (sulfide) groups is 1. The molecule has 1 atom stereocenters. The number of amides is 1. The molecule has 1 aromatic carbocycles. The van der Waals surface area contributed by atoms with E-state index in [1.165, 1.54) is 6.07 Å². The van der Waals surface area contributed by atoms with Gasteiger partial charge in [-0.25, -0.2) is 0 Å². The first kappa shape index (κ1) is 14.4. The Balaban J connectivity index is 2.76. The molecule has 0 bridgehead atoms. The maximum atomic E-state index is 13.3. The van der Waals surface area contributed by atoms with Crippen molar-refractivity contribution in [1.29, 1.82) is 0 Å². The zero-order chi connectivity index (χ0) is 13.7. The number of nitrogens with zero attached hydrogens (tertiary/aromatic N) is 1. The molecule has 0 saturated carbocycles. The van der Waals surface area contributed by atoms with Crippen molar-refractivity contribution in [2.45, 2.75) is 12.2 Å². The molecule has 0 radical (unpaired) electrons. The third kappa shape index (κ3) is 3.69. The molecule has 0 aliphatic heterocycles. The number of hydrogen-bond acceptors (Lipinski definition) is 4. The van der Waals surface area contributed by atoms with Gasteiger partial charge in [0.05, 0.1) is 4.92 Å². The van der Waals surface area contributed by atoms with Crippen molar-refractivity contribution in [2.24, 2.45) is 0 Å². The smallest absolute Gasteiger partial charge is 0.304 e. The summed E-state index contributed by atoms with van der Waals surface area (Å²) in [6, 6.07) is 3.10. The molecule has 1 N–H and O–H groups in total. The fraction of sp³-hybridized carbons (Fsp3) is 0.364. The molecule has 7 heteroatoms. The molecular weight excluding hydrogens is 259 g/mol. The Kier molecular flexibility index (Phi) is 5.08. The van der Waals surface area contributed by atoms with Gasteiger partial charge in [-0.05, 0) is 18.4 Å². The van der Waals surface area contributed by atoms with Crippen molar-refractivity contribution < 1.29 is 14.1 Å². The molecule has 1 amide bonds. The highest BCUT2D eigenvalue weighted by Gasteiger charge is 2.16. The largest absolute Gasteiger partial charge is 0.351 e. The lowest BCUT2D eigenvalue weighted by atomic mass is 10.2. The number of nitro benzene ring substituents is 1. The van der Waals surface area contributed by atoms with Crippen LogP contribution < -0.4 is 5.32 Å². The van der Waals surface area contributed by atoms with Crippen molar-refractivity contribution in [3.8, 4) is 0 Å². The monoisotopic (exact) mass is 272 g/mol. The second-order valence-corrected chi connectivity index (χ2v) is 4.96. The molecule has 0 saturated heterocycles. The van der Waals surface area contributed by atoms with Crippen molar-refractivity contribution in [3.05, 3.63) is 39.7 Å². The Bertz CT molecular complexity index is 468. The van der Waals surface area contributed by atoms with E-state index in [0.717, 1.165) is 12.1 Å². The second-order valence-electron chi connectivity index (χ2n) is 3.68. The molecule has 1 unspecified atom stereocenters. The van der Waals surface area contributed by atoms with Crippen LogP contribution in [0.5, 0.6) is 0 Å². The molecule has 18 heavy (non-hydrogen) atoms. The number of carbonyl (C=O) groups is 1. The summed E-state index contributed by atoms with van der Waals surface area (Å²) in [5.41, 5.74) is -0.560. The highest BCUT2D eigenvalue weighted by Crippen LogP contribution is 2.17. The number of rotatable bonds is 5. The average Bonchev–Trinajstić information content (AvgIpc) is 2.34. The zero-order valence-electron chi connectivity index (χ0n) is 9.97. The van der Waals surface area contributed by atoms with Gasteiger partial charge in [0.15, 0.2) is 0 Å². The topological polar surface area (TPSA) is 72.2 Å². The summed E-state index contributed by atoms with van der Waals surface area (Å²) in [6.07, 6.45) is 1.92. The number of nitro groups is 1. The highest BCUT2D eigenvalue weighted by atomic mass is 32.2. The third-order valence-corrected chi connectivity index (χ3v) is 3.33. The Labute approximate surface area is 108 Å². The molecule has 1 aromatic rings. The standard InChI is InChI=1S/C11H13FN2O3S/c1-7(18-2)6-13-11(15)8-3-4-10(14(16)17)9(12)5-8/h3-5,7H,6H2,1-2H3,(H,13,15). The molecular formula is C11H13FN2O3S. The maximum absolute atomic E-state index is 13.3. The lowest BCUT2D eigenvalue weighted by Crippen LogP contribution is -2.29. The minimum Gasteiger partial charge on any atom is -0.351 e. The van der Waals surface area contributed by atoms with Gasteiger partial charge in [0.25, 0.3) is 5.91 Å². The van der Waals surface area contributed by atoms with E-state index < -0.39 is 22.3 Å². The van der Waals surface area contributed by atoms with E-state index in [1.54, 1.807) is 11.8 Å². The third-order valence-electron chi connectivity index (χ3n) is 2.36. The molecule has 5 nitrogen and oxygen atoms in total. The van der Waals surface area contributed by atoms with Crippen molar-refractivity contribution in [2.75, 3.05) is 12.8 Å². The van der Waals surface area contributed by atoms with Gasteiger partial charge in [-0.2, -0.15) is 16.2 Å². The number of hydrogen-bond donors (Lipinski definition) is 1. The van der Waals surface area contributed by atoms with Crippen LogP contribution in [0.2, 0.25) is 0 Å². The summed E-state index contributed by atoms with van der Waals surface area (Å²) in [5.74, 6) is -1.45. The molecule has 0 fully saturated rings. The number of carbonyl (C=O) groups excluding carboxylic acids is 1. The molecule has 0 heterocycles. The van der Waals surface area contributed by atoms with E-state index >= 15 is 0 Å². The quantitative estimate of drug-likeness (QED) is 0.659. The van der Waals surface area contributed by atoms with Crippen LogP contribution in [-0.2, 0) is 0 Å². The number of halogens is 1. The Morgan fingerprint density at radius 1 is 1.61 bits per heavy atom. The van der Waals surface area contributed by atoms with Crippen LogP contribution in [0.15, 0.2) is 18.2 Å². The molecule has 98 valence electrons. The number of nitrogens with one attached hydrogen (secondary N) is 1. The van der Waals surface area contributed by atoms with Crippen LogP contribution in [0.1, 0.15) is 17.3 Å². The van der Waals surface area contributed by atoms with Crippen LogP contribution in [0, 0.1) is 15.9 Å². The predicted octanol–water partition coefficient (Wildman–Crippen LogP) is 2.22. The summed E-state index contributed by atoms with van der Waals surface area (Å²) >= 11 is 1.59. The van der Waals surface area contributed by atoms with Gasteiger partial charge in [-0.1, -0.05) is 6.92 Å². The van der Waals surface area contributed by atoms with Gasteiger partial charge in [-0.15, -0.1) is 0 Å². The average molecular weight is 272 g/mol. The first-order valence-electron chi connectivity index (χ1n) is 5.20. The van der Waals surface area contributed by atoms with Crippen LogP contribution in [0.25, 0.3) is 0 Å². The highest BCUT2D eigenvalue weighted by molar-refractivity contribution is 7.99. The van der Waals surface area contributed by atoms with Crippen molar-refractivity contribution >= 4 is 23.4 Å². The minimum atomic E-state index is -1.01. The fourth-order valence-electron chi connectivity index (χ4n) is 1.22. The maximum Gasteiger partial charge on any atom is 0.304 e. The second kappa shape index (κ2) is 6.34. The van der Waals surface area contributed by atoms with E-state index in [-0.39, 0.29) is 10.8 Å². The van der Waals surface area contributed by atoms with E-state index in [1.807, 2.05) is 13.2 Å². The number of benzene rings is 1.